The first kappa shape index (κ1) is 44.4. The molecule has 2 aromatic carbocycles. The SMILES string of the molecule is COc1ccc([C@]2(CCN(Cc3cc(F)c(C4=CCC(C(=O)N5CCN(C(=O)OC(C)(C)C)CC5)CC4)c(F)c3)CC(C)(C)C(F)(F)F)CCOC(C)(C)C2)cc1. The van der Waals surface area contributed by atoms with E-state index in [1.165, 1.54) is 12.1 Å². The van der Waals surface area contributed by atoms with E-state index in [1.807, 2.05) is 38.1 Å². The van der Waals surface area contributed by atoms with Gasteiger partial charge in [0.15, 0.2) is 0 Å². The van der Waals surface area contributed by atoms with Crippen LogP contribution in [-0.2, 0) is 26.2 Å². The number of rotatable bonds is 11. The van der Waals surface area contributed by atoms with Crippen LogP contribution in [0, 0.1) is 23.0 Å². The predicted molar refractivity (Wildman–Crippen MR) is 210 cm³/mol. The van der Waals surface area contributed by atoms with E-state index in [0.717, 1.165) is 19.4 Å². The molecule has 5 rings (SSSR count). The van der Waals surface area contributed by atoms with Gasteiger partial charge < -0.3 is 24.0 Å². The second kappa shape index (κ2) is 17.3. The van der Waals surface area contributed by atoms with Crippen LogP contribution in [0.15, 0.2) is 42.5 Å². The van der Waals surface area contributed by atoms with E-state index in [1.54, 1.807) is 48.7 Å². The number of hydrogen-bond acceptors (Lipinski definition) is 6. The van der Waals surface area contributed by atoms with Crippen molar-refractivity contribution in [3.8, 4) is 5.75 Å². The molecule has 2 atom stereocenters. The third-order valence-electron chi connectivity index (χ3n) is 11.7. The van der Waals surface area contributed by atoms with Crippen molar-refractivity contribution in [2.24, 2.45) is 11.3 Å². The lowest BCUT2D eigenvalue weighted by Crippen LogP contribution is -2.52. The fraction of sp³-hybridized carbons (Fsp3) is 0.636. The fourth-order valence-corrected chi connectivity index (χ4v) is 8.52. The Balaban J connectivity index is 1.30. The normalized spacial score (nSPS) is 22.0. The maximum absolute atomic E-state index is 15.9. The van der Waals surface area contributed by atoms with Gasteiger partial charge in [0.25, 0.3) is 0 Å². The number of hydrogen-bond donors (Lipinski definition) is 0. The Morgan fingerprint density at radius 1 is 0.947 bits per heavy atom. The molecule has 1 unspecified atom stereocenters. The molecule has 8 nitrogen and oxygen atoms in total. The molecular weight excluding hydrogens is 745 g/mol. The standard InChI is InChI=1S/C44H60F5N3O5/c1-40(2,3)57-39(54)52-22-20-51(21-23-52)38(53)32-11-9-31(10-12-32)37-35(45)25-30(26-36(37)46)27-50(29-41(4,5)44(47,48)49)19-17-43(18-24-56-42(6,7)28-43)33-13-15-34(55-8)16-14-33/h9,13-16,25-26,32H,10-12,17-24,27-29H2,1-8H3/t32?,43-/m1/s1. The highest BCUT2D eigenvalue weighted by Gasteiger charge is 2.49. The number of alkyl halides is 3. The van der Waals surface area contributed by atoms with Gasteiger partial charge in [-0.1, -0.05) is 18.2 Å². The molecule has 2 aromatic rings. The Morgan fingerprint density at radius 3 is 2.09 bits per heavy atom. The summed E-state index contributed by atoms with van der Waals surface area (Å²) < 4.78 is 91.5. The molecule has 13 heteroatoms. The van der Waals surface area contributed by atoms with Crippen molar-refractivity contribution in [2.45, 2.75) is 116 Å². The van der Waals surface area contributed by atoms with Crippen LogP contribution in [0.5, 0.6) is 5.75 Å². The number of amides is 2. The number of ether oxygens (including phenoxy) is 3. The van der Waals surface area contributed by atoms with Crippen molar-refractivity contribution >= 4 is 17.6 Å². The molecule has 0 N–H and O–H groups in total. The van der Waals surface area contributed by atoms with Crippen LogP contribution in [0.4, 0.5) is 26.7 Å². The maximum atomic E-state index is 15.9. The topological polar surface area (TPSA) is 71.6 Å². The second-order valence-corrected chi connectivity index (χ2v) is 18.3. The number of benzene rings is 2. The lowest BCUT2D eigenvalue weighted by Gasteiger charge is -2.46. The van der Waals surface area contributed by atoms with Crippen LogP contribution in [0.3, 0.4) is 0 Å². The minimum atomic E-state index is -4.50. The average molecular weight is 806 g/mol. The lowest BCUT2D eigenvalue weighted by atomic mass is 9.67. The summed E-state index contributed by atoms with van der Waals surface area (Å²) in [6.07, 6.45) is -0.344. The molecular formula is C44H60F5N3O5. The molecule has 2 fully saturated rings. The molecule has 0 saturated carbocycles. The van der Waals surface area contributed by atoms with Gasteiger partial charge in [0.2, 0.25) is 5.91 Å². The van der Waals surface area contributed by atoms with Crippen molar-refractivity contribution in [1.29, 1.82) is 0 Å². The Hall–Kier alpha value is -3.71. The summed E-state index contributed by atoms with van der Waals surface area (Å²) >= 11 is 0. The monoisotopic (exact) mass is 805 g/mol. The number of carbonyl (C=O) groups excluding carboxylic acids is 2. The number of piperazine rings is 1. The zero-order valence-corrected chi connectivity index (χ0v) is 34.8. The smallest absolute Gasteiger partial charge is 0.410 e. The molecule has 2 saturated heterocycles. The summed E-state index contributed by atoms with van der Waals surface area (Å²) in [5.74, 6) is -1.26. The average Bonchev–Trinajstić information content (AvgIpc) is 3.12. The van der Waals surface area contributed by atoms with Crippen molar-refractivity contribution in [1.82, 2.24) is 14.7 Å². The van der Waals surface area contributed by atoms with Crippen LogP contribution in [0.1, 0.15) is 104 Å². The minimum absolute atomic E-state index is 0.0506. The van der Waals surface area contributed by atoms with E-state index < -0.39 is 45.9 Å². The molecule has 3 aliphatic rings. The zero-order chi connectivity index (χ0) is 42.0. The van der Waals surface area contributed by atoms with Gasteiger partial charge in [-0.05, 0) is 135 Å². The van der Waals surface area contributed by atoms with Crippen molar-refractivity contribution < 1.29 is 45.8 Å². The van der Waals surface area contributed by atoms with Crippen LogP contribution in [0.2, 0.25) is 0 Å². The summed E-state index contributed by atoms with van der Waals surface area (Å²) in [6, 6.07) is 10.2. The minimum Gasteiger partial charge on any atom is -0.497 e. The first-order valence-electron chi connectivity index (χ1n) is 20.0. The second-order valence-electron chi connectivity index (χ2n) is 18.3. The molecule has 0 radical (unpaired) electrons. The molecule has 1 aliphatic carbocycles. The van der Waals surface area contributed by atoms with E-state index >= 15 is 8.78 Å². The fourth-order valence-electron chi connectivity index (χ4n) is 8.52. The maximum Gasteiger partial charge on any atom is 0.410 e. The van der Waals surface area contributed by atoms with Crippen molar-refractivity contribution in [3.63, 3.8) is 0 Å². The summed E-state index contributed by atoms with van der Waals surface area (Å²) in [7, 11) is 1.59. The Labute approximate surface area is 334 Å². The predicted octanol–water partition coefficient (Wildman–Crippen LogP) is 9.54. The third-order valence-corrected chi connectivity index (χ3v) is 11.7. The Bertz CT molecular complexity index is 1740. The van der Waals surface area contributed by atoms with Gasteiger partial charge in [-0.25, -0.2) is 13.6 Å². The number of methoxy groups -OCH3 is 1. The quantitative estimate of drug-likeness (QED) is 0.211. The van der Waals surface area contributed by atoms with Crippen LogP contribution in [-0.4, -0.2) is 97.1 Å². The summed E-state index contributed by atoms with van der Waals surface area (Å²) in [4.78, 5) is 30.8. The van der Waals surface area contributed by atoms with Gasteiger partial charge in [0.1, 0.15) is 23.0 Å². The van der Waals surface area contributed by atoms with Gasteiger partial charge in [-0.2, -0.15) is 13.2 Å². The van der Waals surface area contributed by atoms with Crippen molar-refractivity contribution in [3.05, 3.63) is 70.8 Å². The van der Waals surface area contributed by atoms with Crippen LogP contribution < -0.4 is 4.74 Å². The number of nitrogens with zero attached hydrogens (tertiary/aromatic N) is 3. The first-order chi connectivity index (χ1) is 26.5. The van der Waals surface area contributed by atoms with Gasteiger partial charge >= 0.3 is 12.3 Å². The van der Waals surface area contributed by atoms with E-state index in [0.29, 0.717) is 82.6 Å². The Morgan fingerprint density at radius 2 is 1.56 bits per heavy atom. The molecule has 2 heterocycles. The van der Waals surface area contributed by atoms with E-state index in [-0.39, 0.29) is 42.6 Å². The Kier molecular flexibility index (Phi) is 13.4. The third kappa shape index (κ3) is 11.1. The van der Waals surface area contributed by atoms with Gasteiger partial charge in [0.05, 0.1) is 18.1 Å². The summed E-state index contributed by atoms with van der Waals surface area (Å²) in [6.45, 7) is 13.5. The molecule has 2 aliphatic heterocycles. The summed E-state index contributed by atoms with van der Waals surface area (Å²) in [5, 5.41) is 0. The highest BCUT2D eigenvalue weighted by Crippen LogP contribution is 2.45. The first-order valence-corrected chi connectivity index (χ1v) is 20.0. The largest absolute Gasteiger partial charge is 0.497 e. The lowest BCUT2D eigenvalue weighted by molar-refractivity contribution is -0.217. The highest BCUT2D eigenvalue weighted by molar-refractivity contribution is 5.81. The van der Waals surface area contributed by atoms with Gasteiger partial charge in [-0.3, -0.25) is 9.69 Å². The van der Waals surface area contributed by atoms with Crippen molar-refractivity contribution in [2.75, 3.05) is 53.0 Å². The molecule has 2 amide bonds. The number of halogens is 5. The number of allylic oxidation sites excluding steroid dienone is 2. The molecule has 0 bridgehead atoms. The number of carbonyl (C=O) groups is 2. The highest BCUT2D eigenvalue weighted by atomic mass is 19.4. The van der Waals surface area contributed by atoms with Crippen LogP contribution in [0.25, 0.3) is 5.57 Å². The van der Waals surface area contributed by atoms with Crippen LogP contribution >= 0.6 is 0 Å². The van der Waals surface area contributed by atoms with E-state index in [2.05, 4.69) is 0 Å². The molecule has 57 heavy (non-hydrogen) atoms. The molecule has 0 spiro atoms. The van der Waals surface area contributed by atoms with E-state index in [9.17, 15) is 22.8 Å². The van der Waals surface area contributed by atoms with Gasteiger partial charge in [0, 0.05) is 62.8 Å². The van der Waals surface area contributed by atoms with Gasteiger partial charge in [-0.15, -0.1) is 0 Å². The molecule has 316 valence electrons. The summed E-state index contributed by atoms with van der Waals surface area (Å²) in [5.41, 5.74) is -1.98. The zero-order valence-electron chi connectivity index (χ0n) is 34.8. The van der Waals surface area contributed by atoms with E-state index in [4.69, 9.17) is 14.2 Å². The molecule has 0 aromatic heterocycles.